The fourth-order valence-electron chi connectivity index (χ4n) is 3.66. The molecule has 0 unspecified atom stereocenters. The van der Waals surface area contributed by atoms with Crippen LogP contribution in [0, 0.1) is 6.92 Å². The Morgan fingerprint density at radius 1 is 1.00 bits per heavy atom. The number of hydrogen-bond acceptors (Lipinski definition) is 6. The first kappa shape index (κ1) is 23.2. The number of piperidine rings is 1. The first-order chi connectivity index (χ1) is 15.4. The van der Waals surface area contributed by atoms with Crippen molar-refractivity contribution >= 4 is 12.0 Å². The first-order valence-corrected chi connectivity index (χ1v) is 10.5. The highest BCUT2D eigenvalue weighted by atomic mass is 16.5. The maximum atomic E-state index is 12.7. The fraction of sp³-hybridized carbons (Fsp3) is 0.417. The number of carbonyl (C=O) groups is 1. The van der Waals surface area contributed by atoms with Crippen LogP contribution in [0.5, 0.6) is 23.0 Å². The Hall–Kier alpha value is -3.42. The van der Waals surface area contributed by atoms with E-state index in [-0.39, 0.29) is 17.6 Å². The summed E-state index contributed by atoms with van der Waals surface area (Å²) in [6.07, 6.45) is 4.67. The van der Waals surface area contributed by atoms with Crippen molar-refractivity contribution in [1.82, 2.24) is 9.47 Å². The van der Waals surface area contributed by atoms with Gasteiger partial charge < -0.3 is 28.4 Å². The largest absolute Gasteiger partial charge is 0.493 e. The van der Waals surface area contributed by atoms with Gasteiger partial charge in [0.25, 0.3) is 5.56 Å². The van der Waals surface area contributed by atoms with Gasteiger partial charge in [-0.2, -0.15) is 0 Å². The summed E-state index contributed by atoms with van der Waals surface area (Å²) in [5.74, 6) is 2.08. The van der Waals surface area contributed by atoms with Crippen molar-refractivity contribution < 1.29 is 23.7 Å². The van der Waals surface area contributed by atoms with Crippen LogP contribution in [-0.4, -0.2) is 55.9 Å². The molecular weight excluding hydrogens is 412 g/mol. The van der Waals surface area contributed by atoms with E-state index in [9.17, 15) is 9.59 Å². The summed E-state index contributed by atoms with van der Waals surface area (Å²) in [4.78, 5) is 26.4. The third-order valence-electron chi connectivity index (χ3n) is 5.64. The van der Waals surface area contributed by atoms with Crippen molar-refractivity contribution in [3.8, 4) is 23.0 Å². The molecule has 0 saturated carbocycles. The van der Waals surface area contributed by atoms with Gasteiger partial charge in [-0.05, 0) is 36.8 Å². The van der Waals surface area contributed by atoms with Gasteiger partial charge in [0.15, 0.2) is 11.5 Å². The van der Waals surface area contributed by atoms with Crippen LogP contribution in [0.25, 0.3) is 6.08 Å². The van der Waals surface area contributed by atoms with E-state index in [0.29, 0.717) is 48.9 Å². The summed E-state index contributed by atoms with van der Waals surface area (Å²) < 4.78 is 23.6. The molecule has 1 aliphatic heterocycles. The smallest absolute Gasteiger partial charge is 0.254 e. The molecule has 0 atom stereocenters. The van der Waals surface area contributed by atoms with Crippen LogP contribution >= 0.6 is 0 Å². The second-order valence-corrected chi connectivity index (χ2v) is 7.66. The van der Waals surface area contributed by atoms with Crippen molar-refractivity contribution in [1.29, 1.82) is 0 Å². The van der Waals surface area contributed by atoms with Crippen LogP contribution < -0.4 is 24.5 Å². The van der Waals surface area contributed by atoms with Gasteiger partial charge in [-0.25, -0.2) is 0 Å². The molecule has 1 fully saturated rings. The molecule has 2 heterocycles. The van der Waals surface area contributed by atoms with Crippen molar-refractivity contribution in [3.63, 3.8) is 0 Å². The molecule has 3 rings (SSSR count). The molecule has 0 spiro atoms. The molecule has 0 bridgehead atoms. The summed E-state index contributed by atoms with van der Waals surface area (Å²) in [5, 5.41) is 0. The summed E-state index contributed by atoms with van der Waals surface area (Å²) in [6, 6.07) is 6.94. The van der Waals surface area contributed by atoms with Gasteiger partial charge in [-0.3, -0.25) is 9.59 Å². The minimum absolute atomic E-state index is 0.0235. The van der Waals surface area contributed by atoms with Crippen molar-refractivity contribution in [2.75, 3.05) is 34.4 Å². The van der Waals surface area contributed by atoms with E-state index in [0.717, 1.165) is 11.3 Å². The molecule has 0 radical (unpaired) electrons. The van der Waals surface area contributed by atoms with Crippen LogP contribution in [0.1, 0.15) is 24.1 Å². The SMILES string of the molecule is COc1cc(/C=C/C(=O)N2CCC(Oc3cc(C)n(C)c(=O)c3)CC2)cc(OC)c1OC. The second kappa shape index (κ2) is 10.3. The van der Waals surface area contributed by atoms with Crippen LogP contribution in [0.15, 0.2) is 35.1 Å². The zero-order chi connectivity index (χ0) is 23.3. The molecule has 8 nitrogen and oxygen atoms in total. The number of pyridine rings is 1. The number of carbonyl (C=O) groups excluding carboxylic acids is 1. The Bertz CT molecular complexity index is 1030. The average Bonchev–Trinajstić information content (AvgIpc) is 2.80. The lowest BCUT2D eigenvalue weighted by atomic mass is 10.1. The zero-order valence-corrected chi connectivity index (χ0v) is 19.2. The monoisotopic (exact) mass is 442 g/mol. The van der Waals surface area contributed by atoms with Gasteiger partial charge in [0.05, 0.1) is 21.3 Å². The van der Waals surface area contributed by atoms with Gasteiger partial charge in [-0.15, -0.1) is 0 Å². The third-order valence-corrected chi connectivity index (χ3v) is 5.64. The van der Waals surface area contributed by atoms with E-state index in [4.69, 9.17) is 18.9 Å². The van der Waals surface area contributed by atoms with Crippen LogP contribution in [-0.2, 0) is 11.8 Å². The quantitative estimate of drug-likeness (QED) is 0.614. The number of likely N-dealkylation sites (tertiary alicyclic amines) is 1. The van der Waals surface area contributed by atoms with E-state index in [2.05, 4.69) is 0 Å². The highest BCUT2D eigenvalue weighted by Gasteiger charge is 2.23. The number of benzene rings is 1. The average molecular weight is 443 g/mol. The van der Waals surface area contributed by atoms with Crippen LogP contribution in [0.4, 0.5) is 0 Å². The maximum absolute atomic E-state index is 12.7. The Morgan fingerprint density at radius 3 is 2.16 bits per heavy atom. The fourth-order valence-corrected chi connectivity index (χ4v) is 3.66. The number of ether oxygens (including phenoxy) is 4. The van der Waals surface area contributed by atoms with Crippen molar-refractivity contribution in [2.24, 2.45) is 7.05 Å². The third kappa shape index (κ3) is 5.25. The van der Waals surface area contributed by atoms with Gasteiger partial charge in [0, 0.05) is 50.8 Å². The molecule has 0 aliphatic carbocycles. The second-order valence-electron chi connectivity index (χ2n) is 7.66. The number of methoxy groups -OCH3 is 3. The minimum atomic E-state index is -0.0930. The summed E-state index contributed by atoms with van der Waals surface area (Å²) in [6.45, 7) is 3.05. The maximum Gasteiger partial charge on any atom is 0.254 e. The van der Waals surface area contributed by atoms with E-state index in [1.165, 1.54) is 6.07 Å². The van der Waals surface area contributed by atoms with Gasteiger partial charge in [0.1, 0.15) is 11.9 Å². The Labute approximate surface area is 188 Å². The normalized spacial score (nSPS) is 14.5. The highest BCUT2D eigenvalue weighted by Crippen LogP contribution is 2.38. The first-order valence-electron chi connectivity index (χ1n) is 10.5. The zero-order valence-electron chi connectivity index (χ0n) is 19.2. The molecule has 1 aliphatic rings. The molecule has 1 aromatic carbocycles. The van der Waals surface area contributed by atoms with E-state index in [1.54, 1.807) is 62.1 Å². The number of nitrogens with zero attached hydrogens (tertiary/aromatic N) is 2. The number of hydrogen-bond donors (Lipinski definition) is 0. The molecule has 8 heteroatoms. The Morgan fingerprint density at radius 2 is 1.62 bits per heavy atom. The molecule has 1 saturated heterocycles. The predicted octanol–water partition coefficient (Wildman–Crippen LogP) is 2.80. The Balaban J connectivity index is 1.60. The molecule has 0 N–H and O–H groups in total. The van der Waals surface area contributed by atoms with Gasteiger partial charge in [-0.1, -0.05) is 0 Å². The van der Waals surface area contributed by atoms with E-state index in [1.807, 2.05) is 13.0 Å². The van der Waals surface area contributed by atoms with Crippen LogP contribution in [0.2, 0.25) is 0 Å². The topological polar surface area (TPSA) is 79.2 Å². The molecular formula is C24H30N2O6. The molecule has 2 aromatic rings. The standard InChI is InChI=1S/C24H30N2O6/c1-16-12-19(15-23(28)25(16)2)32-18-8-10-26(11-9-18)22(27)7-6-17-13-20(29-3)24(31-5)21(14-17)30-4/h6-7,12-15,18H,8-11H2,1-5H3/b7-6+. The summed E-state index contributed by atoms with van der Waals surface area (Å²) >= 11 is 0. The van der Waals surface area contributed by atoms with E-state index >= 15 is 0 Å². The Kier molecular flexibility index (Phi) is 7.45. The van der Waals surface area contributed by atoms with Crippen molar-refractivity contribution in [3.05, 3.63) is 52.0 Å². The minimum Gasteiger partial charge on any atom is -0.493 e. The highest BCUT2D eigenvalue weighted by molar-refractivity contribution is 5.92. The summed E-state index contributed by atoms with van der Waals surface area (Å²) in [5.41, 5.74) is 1.52. The number of aromatic nitrogens is 1. The molecule has 172 valence electrons. The number of amides is 1. The van der Waals surface area contributed by atoms with Gasteiger partial charge >= 0.3 is 0 Å². The lowest BCUT2D eigenvalue weighted by Gasteiger charge is -2.31. The number of rotatable bonds is 7. The number of aryl methyl sites for hydroxylation is 1. The van der Waals surface area contributed by atoms with E-state index < -0.39 is 0 Å². The van der Waals surface area contributed by atoms with Gasteiger partial charge in [0.2, 0.25) is 11.7 Å². The molecule has 32 heavy (non-hydrogen) atoms. The predicted molar refractivity (Wildman–Crippen MR) is 122 cm³/mol. The lowest BCUT2D eigenvalue weighted by molar-refractivity contribution is -0.127. The van der Waals surface area contributed by atoms with Crippen LogP contribution in [0.3, 0.4) is 0 Å². The molecule has 1 amide bonds. The summed E-state index contributed by atoms with van der Waals surface area (Å²) in [7, 11) is 6.38. The molecule has 1 aromatic heterocycles. The van der Waals surface area contributed by atoms with Crippen molar-refractivity contribution in [2.45, 2.75) is 25.9 Å². The lowest BCUT2D eigenvalue weighted by Crippen LogP contribution is -2.41.